The summed E-state index contributed by atoms with van der Waals surface area (Å²) in [6.45, 7) is 1.08. The van der Waals surface area contributed by atoms with Crippen LogP contribution in [0.2, 0.25) is 0 Å². The molecule has 0 bridgehead atoms. The van der Waals surface area contributed by atoms with E-state index in [1.165, 1.54) is 32.5 Å². The standard InChI is InChI=1S/C26H31F3N6O2S/c1-30-24(36)16-6-7-20(22(14-16)37-3)31-9-4-5-17-13-21-23(33-19-8-11-34(2)15-18(19)27)32-10-12-35(21)25(17)38-26(28)29/h6-7,10,12-14,18-20,22,26,31H,8-9,11,15H2,1-3H3,(H,30,36)(H,32,33)/t18-,19+,20?,22?/m0/s1/i20D. The number of carbonyl (C=O) groups is 1. The van der Waals surface area contributed by atoms with E-state index in [1.54, 1.807) is 22.7 Å². The Kier molecular flexibility index (Phi) is 8.90. The molecule has 1 fully saturated rings. The molecule has 0 spiro atoms. The molecule has 0 radical (unpaired) electrons. The Labute approximate surface area is 225 Å². The van der Waals surface area contributed by atoms with E-state index in [-0.39, 0.29) is 17.5 Å². The summed E-state index contributed by atoms with van der Waals surface area (Å²) in [5.74, 6) is 3.26. The number of methoxy groups -OCH3 is 1. The Morgan fingerprint density at radius 2 is 2.26 bits per heavy atom. The molecule has 3 N–H and O–H groups in total. The van der Waals surface area contributed by atoms with E-state index >= 15 is 0 Å². The zero-order valence-electron chi connectivity index (χ0n) is 22.3. The number of hydrogen-bond acceptors (Lipinski definition) is 7. The largest absolute Gasteiger partial charge is 0.375 e. The number of anilines is 1. The Hall–Kier alpha value is -2.98. The van der Waals surface area contributed by atoms with E-state index in [2.05, 4.69) is 32.8 Å². The molecular formula is C26H31F3N6O2S. The van der Waals surface area contributed by atoms with Crippen molar-refractivity contribution in [3.63, 3.8) is 0 Å². The molecule has 38 heavy (non-hydrogen) atoms. The Bertz CT molecular complexity index is 1330. The molecular weight excluding hydrogens is 517 g/mol. The highest BCUT2D eigenvalue weighted by Crippen LogP contribution is 2.33. The maximum Gasteiger partial charge on any atom is 0.290 e. The number of halogens is 3. The number of nitrogens with one attached hydrogen (secondary N) is 3. The molecule has 0 aromatic carbocycles. The van der Waals surface area contributed by atoms with E-state index in [0.29, 0.717) is 47.2 Å². The quantitative estimate of drug-likeness (QED) is 0.345. The minimum atomic E-state index is -2.68. The SMILES string of the molecule is [2H]C1(NCC#Cc2cc3c(N[C@@H]4CCN(C)C[C@@H]4F)nccn3c2SC(F)F)C=CC(C(=O)NC)=CC1OC. The van der Waals surface area contributed by atoms with Crippen molar-refractivity contribution in [2.45, 2.75) is 41.5 Å². The number of alkyl halides is 3. The molecule has 4 atom stereocenters. The van der Waals surface area contributed by atoms with Crippen LogP contribution in [-0.2, 0) is 9.53 Å². The highest BCUT2D eigenvalue weighted by Gasteiger charge is 2.28. The van der Waals surface area contributed by atoms with Gasteiger partial charge in [0, 0.05) is 45.2 Å². The second kappa shape index (κ2) is 12.7. The van der Waals surface area contributed by atoms with Crippen LogP contribution < -0.4 is 16.0 Å². The molecule has 1 aliphatic heterocycles. The average molecular weight is 550 g/mol. The third kappa shape index (κ3) is 6.53. The summed E-state index contributed by atoms with van der Waals surface area (Å²) in [6, 6.07) is -0.170. The van der Waals surface area contributed by atoms with Crippen LogP contribution in [0.1, 0.15) is 13.4 Å². The second-order valence-corrected chi connectivity index (χ2v) is 9.87. The smallest absolute Gasteiger partial charge is 0.290 e. The van der Waals surface area contributed by atoms with Crippen LogP contribution in [0.3, 0.4) is 0 Å². The summed E-state index contributed by atoms with van der Waals surface area (Å²) in [6.07, 6.45) is 6.40. The first-order valence-electron chi connectivity index (χ1n) is 12.6. The Morgan fingerprint density at radius 1 is 1.45 bits per heavy atom. The lowest BCUT2D eigenvalue weighted by atomic mass is 9.99. The van der Waals surface area contributed by atoms with Gasteiger partial charge in [0.1, 0.15) is 11.2 Å². The van der Waals surface area contributed by atoms with E-state index in [4.69, 9.17) is 6.11 Å². The number of hydrogen-bond donors (Lipinski definition) is 3. The summed E-state index contributed by atoms with van der Waals surface area (Å²) in [4.78, 5) is 18.2. The molecule has 1 saturated heterocycles. The first-order valence-corrected chi connectivity index (χ1v) is 13.0. The van der Waals surface area contributed by atoms with Gasteiger partial charge < -0.3 is 24.7 Å². The number of likely N-dealkylation sites (N-methyl/N-ethyl adjacent to an activating group) is 1. The van der Waals surface area contributed by atoms with E-state index in [0.717, 1.165) is 6.54 Å². The van der Waals surface area contributed by atoms with Gasteiger partial charge in [-0.05, 0) is 37.4 Å². The number of likely N-dealkylation sites (tertiary alicyclic amines) is 1. The summed E-state index contributed by atoms with van der Waals surface area (Å²) in [7, 11) is 4.82. The van der Waals surface area contributed by atoms with Crippen LogP contribution in [0.25, 0.3) is 5.52 Å². The maximum atomic E-state index is 14.6. The number of thioether (sulfide) groups is 1. The van der Waals surface area contributed by atoms with E-state index in [1.807, 2.05) is 11.9 Å². The first-order chi connectivity index (χ1) is 18.6. The fourth-order valence-corrected chi connectivity index (χ4v) is 5.08. The van der Waals surface area contributed by atoms with Gasteiger partial charge in [0.25, 0.3) is 11.7 Å². The topological polar surface area (TPSA) is 82.9 Å². The van der Waals surface area contributed by atoms with Gasteiger partial charge in [0.05, 0.1) is 37.2 Å². The predicted molar refractivity (Wildman–Crippen MR) is 142 cm³/mol. The fraction of sp³-hybridized carbons (Fsp3) is 0.462. The van der Waals surface area contributed by atoms with Crippen LogP contribution in [0.15, 0.2) is 47.3 Å². The number of carbonyl (C=O) groups excluding carboxylic acids is 1. The second-order valence-electron chi connectivity index (χ2n) is 8.89. The molecule has 1 amide bonds. The molecule has 12 heteroatoms. The number of ether oxygens (including phenoxy) is 1. The third-order valence-electron chi connectivity index (χ3n) is 6.35. The average Bonchev–Trinajstić information content (AvgIpc) is 3.25. The highest BCUT2D eigenvalue weighted by molar-refractivity contribution is 7.99. The van der Waals surface area contributed by atoms with Crippen molar-refractivity contribution in [1.82, 2.24) is 24.9 Å². The number of nitrogens with zero attached hydrogens (tertiary/aromatic N) is 3. The maximum absolute atomic E-state index is 14.6. The number of fused-ring (bicyclic) bond motifs is 1. The van der Waals surface area contributed by atoms with Crippen molar-refractivity contribution in [2.24, 2.45) is 0 Å². The van der Waals surface area contributed by atoms with Gasteiger partial charge in [0.2, 0.25) is 0 Å². The number of aromatic nitrogens is 2. The van der Waals surface area contributed by atoms with Gasteiger partial charge in [-0.25, -0.2) is 9.37 Å². The van der Waals surface area contributed by atoms with Crippen LogP contribution in [0.5, 0.6) is 0 Å². The number of amides is 1. The van der Waals surface area contributed by atoms with Gasteiger partial charge >= 0.3 is 0 Å². The molecule has 2 aliphatic rings. The summed E-state index contributed by atoms with van der Waals surface area (Å²) in [5, 5.41) is 8.92. The van der Waals surface area contributed by atoms with E-state index < -0.39 is 30.1 Å². The molecule has 204 valence electrons. The van der Waals surface area contributed by atoms with Gasteiger partial charge in [-0.1, -0.05) is 24.0 Å². The summed E-state index contributed by atoms with van der Waals surface area (Å²) < 4.78 is 57.3. The van der Waals surface area contributed by atoms with E-state index in [9.17, 15) is 18.0 Å². The Balaban J connectivity index is 1.55. The molecule has 1 aliphatic carbocycles. The Morgan fingerprint density at radius 3 is 2.97 bits per heavy atom. The zero-order chi connectivity index (χ0) is 28.2. The van der Waals surface area contributed by atoms with Gasteiger partial charge in [-0.2, -0.15) is 8.78 Å². The van der Waals surface area contributed by atoms with Crippen molar-refractivity contribution < 1.29 is 24.1 Å². The zero-order valence-corrected chi connectivity index (χ0v) is 22.1. The third-order valence-corrected chi connectivity index (χ3v) is 7.16. The molecule has 2 aromatic heterocycles. The molecule has 3 heterocycles. The molecule has 2 aromatic rings. The van der Waals surface area contributed by atoms with Crippen molar-refractivity contribution >= 4 is 29.0 Å². The lowest BCUT2D eigenvalue weighted by Gasteiger charge is -2.33. The van der Waals surface area contributed by atoms with Gasteiger partial charge in [-0.15, -0.1) is 0 Å². The monoisotopic (exact) mass is 549 g/mol. The van der Waals surface area contributed by atoms with Crippen molar-refractivity contribution in [3.05, 3.63) is 47.8 Å². The van der Waals surface area contributed by atoms with Gasteiger partial charge in [0.15, 0.2) is 5.82 Å². The minimum Gasteiger partial charge on any atom is -0.375 e. The normalized spacial score (nSPS) is 26.0. The number of rotatable bonds is 8. The van der Waals surface area contributed by atoms with Crippen molar-refractivity contribution in [1.29, 1.82) is 0 Å². The van der Waals surface area contributed by atoms with Crippen LogP contribution in [-0.4, -0.2) is 91.1 Å². The van der Waals surface area contributed by atoms with Crippen LogP contribution >= 0.6 is 11.8 Å². The molecule has 0 saturated carbocycles. The lowest BCUT2D eigenvalue weighted by Crippen LogP contribution is -2.46. The van der Waals surface area contributed by atoms with Crippen molar-refractivity contribution in [3.8, 4) is 11.8 Å². The summed E-state index contributed by atoms with van der Waals surface area (Å²) >= 11 is 0.368. The highest BCUT2D eigenvalue weighted by atomic mass is 32.2. The molecule has 8 nitrogen and oxygen atoms in total. The first kappa shape index (κ1) is 26.6. The minimum absolute atomic E-state index is 0.0459. The number of piperidine rings is 1. The molecule has 2 unspecified atom stereocenters. The van der Waals surface area contributed by atoms with Gasteiger partial charge in [-0.3, -0.25) is 10.1 Å². The predicted octanol–water partition coefficient (Wildman–Crippen LogP) is 2.67. The molecule has 4 rings (SSSR count). The summed E-state index contributed by atoms with van der Waals surface area (Å²) in [5.41, 5.74) is 1.26. The van der Waals surface area contributed by atoms with Crippen LogP contribution in [0, 0.1) is 11.8 Å². The van der Waals surface area contributed by atoms with Crippen molar-refractivity contribution in [2.75, 3.05) is 46.2 Å². The van der Waals surface area contributed by atoms with Crippen LogP contribution in [0.4, 0.5) is 19.0 Å². The lowest BCUT2D eigenvalue weighted by molar-refractivity contribution is -0.116. The fourth-order valence-electron chi connectivity index (χ4n) is 4.40.